The Morgan fingerprint density at radius 2 is 0.576 bits per heavy atom. The van der Waals surface area contributed by atoms with Crippen LogP contribution in [-0.4, -0.2) is 49.4 Å². The van der Waals surface area contributed by atoms with Gasteiger partial charge in [0, 0.05) is 35.2 Å². The van der Waals surface area contributed by atoms with Crippen molar-refractivity contribution in [2.45, 2.75) is 55.3 Å². The molecule has 3 aliphatic carbocycles. The molecule has 14 heteroatoms. The third-order valence-corrected chi connectivity index (χ3v) is 7.04. The predicted molar refractivity (Wildman–Crippen MR) is 82.1 cm³/mol. The molecule has 3 aliphatic rings. The van der Waals surface area contributed by atoms with Crippen LogP contribution >= 0.6 is 0 Å². The van der Waals surface area contributed by atoms with Crippen molar-refractivity contribution < 1.29 is 86.6 Å². The Bertz CT molecular complexity index is 847. The Labute approximate surface area is 200 Å². The van der Waals surface area contributed by atoms with E-state index < -0.39 is 114 Å². The Morgan fingerprint density at radius 1 is 0.333 bits per heavy atom. The normalized spacial score (nSPS) is 47.0. The van der Waals surface area contributed by atoms with Crippen molar-refractivity contribution in [1.82, 2.24) is 0 Å². The zero-order valence-electron chi connectivity index (χ0n) is 16.4. The number of rotatable bonds is 1. The van der Waals surface area contributed by atoms with Crippen LogP contribution in [0.15, 0.2) is 0 Å². The summed E-state index contributed by atoms with van der Waals surface area (Å²) in [7, 11) is 0. The molecule has 0 spiro atoms. The summed E-state index contributed by atoms with van der Waals surface area (Å²) in [6.07, 6.45) is -25.9. The molecule has 0 aliphatic heterocycles. The third kappa shape index (κ3) is 3.53. The van der Waals surface area contributed by atoms with Gasteiger partial charge in [0.2, 0.25) is 5.82 Å². The minimum absolute atomic E-state index is 0. The van der Waals surface area contributed by atoms with Gasteiger partial charge in [0.05, 0.1) is 0 Å². The standard InChI is InChI=1S/C19H13F13.Na/c20-7-2-1(6-11(24)17(30)19(32)18(31)12(6)25)3-5(4(2)9(22)15(28)13(7)26)10(23)16(29)14(27)8(3)21;/h1-5,7-10,13-16H;/q;+1. The van der Waals surface area contributed by atoms with E-state index in [0.29, 0.717) is 0 Å². The van der Waals surface area contributed by atoms with Crippen molar-refractivity contribution >= 4 is 0 Å². The number of fused-ring (bicyclic) bond motifs is 3. The maximum atomic E-state index is 14.8. The number of benzene rings is 1. The Morgan fingerprint density at radius 3 is 0.879 bits per heavy atom. The molecule has 180 valence electrons. The van der Waals surface area contributed by atoms with E-state index in [0.717, 1.165) is 0 Å². The first kappa shape index (κ1) is 26.9. The minimum atomic E-state index is -3.33. The number of hydrogen-bond donors (Lipinski definition) is 0. The second-order valence-corrected chi connectivity index (χ2v) is 8.37. The molecular weight excluding hydrogens is 498 g/mol. The average Bonchev–Trinajstić information content (AvgIpc) is 3.12. The molecule has 1 aromatic rings. The zero-order chi connectivity index (χ0) is 24.0. The predicted octanol–water partition coefficient (Wildman–Crippen LogP) is 2.68. The van der Waals surface area contributed by atoms with Crippen molar-refractivity contribution in [1.29, 1.82) is 0 Å². The van der Waals surface area contributed by atoms with Crippen LogP contribution in [0.1, 0.15) is 11.5 Å². The molecule has 0 bridgehead atoms. The Balaban J connectivity index is 0.00000306. The van der Waals surface area contributed by atoms with E-state index in [1.165, 1.54) is 0 Å². The summed E-state index contributed by atoms with van der Waals surface area (Å²) in [5.41, 5.74) is -1.94. The summed E-state index contributed by atoms with van der Waals surface area (Å²) in [5.74, 6) is -25.8. The van der Waals surface area contributed by atoms with E-state index >= 15 is 0 Å². The van der Waals surface area contributed by atoms with E-state index in [-0.39, 0.29) is 29.6 Å². The first-order valence-corrected chi connectivity index (χ1v) is 9.48. The molecule has 33 heavy (non-hydrogen) atoms. The molecule has 1 aromatic carbocycles. The first-order chi connectivity index (χ1) is 14.8. The van der Waals surface area contributed by atoms with Gasteiger partial charge < -0.3 is 0 Å². The van der Waals surface area contributed by atoms with Gasteiger partial charge in [0.25, 0.3) is 0 Å². The molecular formula is C19H13F13Na+. The van der Waals surface area contributed by atoms with Gasteiger partial charge in [-0.05, 0) is 0 Å². The smallest absolute Gasteiger partial charge is 0.244 e. The molecule has 3 saturated carbocycles. The molecule has 0 N–H and O–H groups in total. The summed E-state index contributed by atoms with van der Waals surface area (Å²) in [6.45, 7) is 0. The number of hydrogen-bond acceptors (Lipinski definition) is 0. The van der Waals surface area contributed by atoms with E-state index in [1.807, 2.05) is 0 Å². The van der Waals surface area contributed by atoms with Crippen LogP contribution in [-0.2, 0) is 0 Å². The topological polar surface area (TPSA) is 0 Å². The number of halogens is 13. The third-order valence-electron chi connectivity index (χ3n) is 7.04. The molecule has 0 radical (unpaired) electrons. The number of alkyl halides is 8. The van der Waals surface area contributed by atoms with Crippen LogP contribution in [0.4, 0.5) is 57.1 Å². The molecule has 12 unspecified atom stereocenters. The maximum Gasteiger partial charge on any atom is 1.00 e. The fourth-order valence-corrected chi connectivity index (χ4v) is 5.77. The second-order valence-electron chi connectivity index (χ2n) is 8.37. The van der Waals surface area contributed by atoms with Crippen LogP contribution in [0.5, 0.6) is 0 Å². The van der Waals surface area contributed by atoms with Gasteiger partial charge in [-0.3, -0.25) is 0 Å². The van der Waals surface area contributed by atoms with Gasteiger partial charge in [0.1, 0.15) is 24.7 Å². The van der Waals surface area contributed by atoms with E-state index in [4.69, 9.17) is 0 Å². The second kappa shape index (κ2) is 9.07. The average molecular weight is 511 g/mol. The van der Waals surface area contributed by atoms with Gasteiger partial charge in [-0.2, -0.15) is 0 Å². The summed E-state index contributed by atoms with van der Waals surface area (Å²) >= 11 is 0. The SMILES string of the molecule is Fc1c(F)c(F)c(C2C3C(F)C(F)C(F)C(F)C3C3C(F)C(F)C(F)C(F)C23)c(F)c1F.[Na+]. The molecule has 4 rings (SSSR count). The van der Waals surface area contributed by atoms with Crippen LogP contribution in [0.2, 0.25) is 0 Å². The molecule has 3 fully saturated rings. The van der Waals surface area contributed by atoms with Crippen molar-refractivity contribution in [2.24, 2.45) is 23.7 Å². The largest absolute Gasteiger partial charge is 1.00 e. The molecule has 0 saturated heterocycles. The minimum Gasteiger partial charge on any atom is -0.244 e. The van der Waals surface area contributed by atoms with E-state index in [1.54, 1.807) is 0 Å². The van der Waals surface area contributed by atoms with Gasteiger partial charge >= 0.3 is 29.6 Å². The van der Waals surface area contributed by atoms with E-state index in [2.05, 4.69) is 0 Å². The molecule has 0 amide bonds. The van der Waals surface area contributed by atoms with Crippen molar-refractivity contribution in [3.05, 3.63) is 34.6 Å². The fraction of sp³-hybridized carbons (Fsp3) is 0.684. The molecule has 0 nitrogen and oxygen atoms in total. The summed E-state index contributed by atoms with van der Waals surface area (Å²) in [5, 5.41) is 0. The quantitative estimate of drug-likeness (QED) is 0.236. The fourth-order valence-electron chi connectivity index (χ4n) is 5.77. The van der Waals surface area contributed by atoms with Crippen LogP contribution in [0.25, 0.3) is 0 Å². The van der Waals surface area contributed by atoms with Gasteiger partial charge in [0.15, 0.2) is 48.0 Å². The Hall–Kier alpha value is -0.690. The first-order valence-electron chi connectivity index (χ1n) is 9.48. The molecule has 0 aromatic heterocycles. The molecule has 0 heterocycles. The van der Waals surface area contributed by atoms with Crippen molar-refractivity contribution in [3.63, 3.8) is 0 Å². The van der Waals surface area contributed by atoms with Gasteiger partial charge in [-0.1, -0.05) is 0 Å². The zero-order valence-corrected chi connectivity index (χ0v) is 18.4. The summed E-state index contributed by atoms with van der Waals surface area (Å²) < 4.78 is 185. The van der Waals surface area contributed by atoms with Crippen LogP contribution < -0.4 is 29.6 Å². The maximum absolute atomic E-state index is 14.8. The molecule has 12 atom stereocenters. The summed E-state index contributed by atoms with van der Waals surface area (Å²) in [6, 6.07) is 0. The van der Waals surface area contributed by atoms with Gasteiger partial charge in [-0.25, -0.2) is 57.1 Å². The monoisotopic (exact) mass is 511 g/mol. The summed E-state index contributed by atoms with van der Waals surface area (Å²) in [4.78, 5) is 0. The van der Waals surface area contributed by atoms with Crippen LogP contribution in [0, 0.1) is 52.8 Å². The van der Waals surface area contributed by atoms with Crippen LogP contribution in [0.3, 0.4) is 0 Å². The van der Waals surface area contributed by atoms with E-state index in [9.17, 15) is 57.1 Å². The van der Waals surface area contributed by atoms with Crippen molar-refractivity contribution in [2.75, 3.05) is 0 Å². The van der Waals surface area contributed by atoms with Crippen molar-refractivity contribution in [3.8, 4) is 0 Å². The Kier molecular flexibility index (Phi) is 7.40. The van der Waals surface area contributed by atoms with Gasteiger partial charge in [-0.15, -0.1) is 0 Å².